The fraction of sp³-hybridized carbons (Fsp3) is 0.565. The van der Waals surface area contributed by atoms with Crippen LogP contribution in [-0.4, -0.2) is 21.7 Å². The van der Waals surface area contributed by atoms with Crippen LogP contribution >= 0.6 is 0 Å². The van der Waals surface area contributed by atoms with Gasteiger partial charge in [-0.1, -0.05) is 31.4 Å². The smallest absolute Gasteiger partial charge is 0.258 e. The minimum Gasteiger partial charge on any atom is -0.472 e. The predicted molar refractivity (Wildman–Crippen MR) is 109 cm³/mol. The maximum Gasteiger partial charge on any atom is 0.258 e. The molecule has 2 bridgehead atoms. The van der Waals surface area contributed by atoms with Crippen LogP contribution in [0.2, 0.25) is 0 Å². The van der Waals surface area contributed by atoms with Crippen molar-refractivity contribution in [3.63, 3.8) is 0 Å². The number of carbonyl (C=O) groups excluding carboxylic acids is 1. The lowest BCUT2D eigenvalue weighted by Crippen LogP contribution is -2.42. The van der Waals surface area contributed by atoms with Gasteiger partial charge in [0.15, 0.2) is 0 Å². The first kappa shape index (κ1) is 19.9. The number of halogens is 1. The molecule has 2 fully saturated rings. The molecule has 4 rings (SSSR count). The van der Waals surface area contributed by atoms with E-state index in [0.29, 0.717) is 17.4 Å². The number of carbonyl (C=O) groups is 1. The van der Waals surface area contributed by atoms with Crippen molar-refractivity contribution in [1.82, 2.24) is 15.1 Å². The number of hydrogen-bond donors (Lipinski definition) is 1. The van der Waals surface area contributed by atoms with Crippen LogP contribution in [0.15, 0.2) is 30.5 Å². The van der Waals surface area contributed by atoms with Crippen molar-refractivity contribution in [3.05, 3.63) is 47.4 Å². The Morgan fingerprint density at radius 1 is 1.24 bits per heavy atom. The average molecular weight is 400 g/mol. The maximum absolute atomic E-state index is 13.1. The minimum atomic E-state index is -0.282. The molecular formula is C23H30FN3O2. The lowest BCUT2D eigenvalue weighted by Gasteiger charge is -2.41. The van der Waals surface area contributed by atoms with E-state index in [0.717, 1.165) is 17.4 Å². The first-order valence-corrected chi connectivity index (χ1v) is 10.7. The molecule has 3 unspecified atom stereocenters. The molecule has 1 aromatic carbocycles. The van der Waals surface area contributed by atoms with Gasteiger partial charge in [0.25, 0.3) is 5.91 Å². The van der Waals surface area contributed by atoms with Gasteiger partial charge in [-0.25, -0.2) is 9.07 Å². The third-order valence-corrected chi connectivity index (χ3v) is 6.65. The van der Waals surface area contributed by atoms with Crippen molar-refractivity contribution in [2.45, 2.75) is 58.1 Å². The Bertz CT molecular complexity index is 836. The monoisotopic (exact) mass is 399 g/mol. The molecule has 0 spiro atoms. The first-order valence-electron chi connectivity index (χ1n) is 10.7. The van der Waals surface area contributed by atoms with E-state index >= 15 is 0 Å². The molecule has 0 radical (unpaired) electrons. The second-order valence-electron chi connectivity index (χ2n) is 8.79. The van der Waals surface area contributed by atoms with Crippen LogP contribution in [-0.2, 0) is 13.7 Å². The lowest BCUT2D eigenvalue weighted by atomic mass is 9.66. The molecule has 29 heavy (non-hydrogen) atoms. The Labute approximate surface area is 171 Å². The Morgan fingerprint density at radius 2 is 1.93 bits per heavy atom. The van der Waals surface area contributed by atoms with Crippen LogP contribution < -0.4 is 10.1 Å². The molecule has 0 saturated heterocycles. The molecule has 5 nitrogen and oxygen atoms in total. The summed E-state index contributed by atoms with van der Waals surface area (Å²) in [7, 11) is 1.75. The van der Waals surface area contributed by atoms with Crippen LogP contribution in [0, 0.1) is 23.6 Å². The normalized spacial score (nSPS) is 24.7. The summed E-state index contributed by atoms with van der Waals surface area (Å²) in [5.41, 5.74) is 1.28. The number of nitrogens with zero attached hydrogens (tertiary/aromatic N) is 2. The van der Waals surface area contributed by atoms with Crippen molar-refractivity contribution in [2.75, 3.05) is 0 Å². The number of amides is 1. The predicted octanol–water partition coefficient (Wildman–Crippen LogP) is 4.47. The summed E-state index contributed by atoms with van der Waals surface area (Å²) in [6.07, 6.45) is 9.43. The van der Waals surface area contributed by atoms with Gasteiger partial charge in [0.2, 0.25) is 5.88 Å². The minimum absolute atomic E-state index is 0.135. The highest BCUT2D eigenvalue weighted by Gasteiger charge is 2.35. The van der Waals surface area contributed by atoms with E-state index in [1.54, 1.807) is 30.1 Å². The third-order valence-electron chi connectivity index (χ3n) is 6.65. The number of rotatable bonds is 6. The molecule has 156 valence electrons. The second kappa shape index (κ2) is 8.56. The SMILES string of the molecule is CC(NC(=O)c1cnn(C)c1OCc1ccc(F)cc1)C1CC2CCCC(C2)C1. The van der Waals surface area contributed by atoms with Crippen LogP contribution in [0.25, 0.3) is 0 Å². The Balaban J connectivity index is 1.39. The number of ether oxygens (including phenoxy) is 1. The molecule has 1 amide bonds. The van der Waals surface area contributed by atoms with Crippen molar-refractivity contribution in [2.24, 2.45) is 24.8 Å². The number of fused-ring (bicyclic) bond motifs is 2. The summed E-state index contributed by atoms with van der Waals surface area (Å²) in [6, 6.07) is 6.28. The summed E-state index contributed by atoms with van der Waals surface area (Å²) in [5, 5.41) is 7.39. The maximum atomic E-state index is 13.1. The Morgan fingerprint density at radius 3 is 2.62 bits per heavy atom. The van der Waals surface area contributed by atoms with Gasteiger partial charge in [-0.2, -0.15) is 5.10 Å². The quantitative estimate of drug-likeness (QED) is 0.780. The first-order chi connectivity index (χ1) is 14.0. The Kier molecular flexibility index (Phi) is 5.88. The number of aromatic nitrogens is 2. The fourth-order valence-corrected chi connectivity index (χ4v) is 5.08. The zero-order valence-electron chi connectivity index (χ0n) is 17.2. The van der Waals surface area contributed by atoms with Crippen molar-refractivity contribution in [3.8, 4) is 5.88 Å². The van der Waals surface area contributed by atoms with Crippen molar-refractivity contribution in [1.29, 1.82) is 0 Å². The lowest BCUT2D eigenvalue weighted by molar-refractivity contribution is 0.0850. The van der Waals surface area contributed by atoms with E-state index in [1.165, 1.54) is 50.7 Å². The van der Waals surface area contributed by atoms with Crippen molar-refractivity contribution >= 4 is 5.91 Å². The van der Waals surface area contributed by atoms with Gasteiger partial charge in [0, 0.05) is 13.1 Å². The summed E-state index contributed by atoms with van der Waals surface area (Å²) in [6.45, 7) is 2.38. The van der Waals surface area contributed by atoms with Gasteiger partial charge < -0.3 is 10.1 Å². The van der Waals surface area contributed by atoms with Gasteiger partial charge in [-0.05, 0) is 61.6 Å². The Hall–Kier alpha value is -2.37. The summed E-state index contributed by atoms with van der Waals surface area (Å²) >= 11 is 0. The van der Waals surface area contributed by atoms with Crippen LogP contribution in [0.3, 0.4) is 0 Å². The molecule has 0 aliphatic heterocycles. The van der Waals surface area contributed by atoms with E-state index < -0.39 is 0 Å². The molecule has 1 aromatic heterocycles. The number of aryl methyl sites for hydroxylation is 1. The molecule has 3 atom stereocenters. The number of hydrogen-bond acceptors (Lipinski definition) is 3. The van der Waals surface area contributed by atoms with E-state index in [4.69, 9.17) is 4.74 Å². The molecule has 1 heterocycles. The van der Waals surface area contributed by atoms with Gasteiger partial charge in [0.1, 0.15) is 18.0 Å². The topological polar surface area (TPSA) is 56.2 Å². The highest BCUT2D eigenvalue weighted by Crippen LogP contribution is 2.43. The number of benzene rings is 1. The van der Waals surface area contributed by atoms with E-state index in [-0.39, 0.29) is 24.4 Å². The van der Waals surface area contributed by atoms with Crippen molar-refractivity contribution < 1.29 is 13.9 Å². The van der Waals surface area contributed by atoms with E-state index in [2.05, 4.69) is 17.3 Å². The standard InChI is InChI=1S/C23H30FN3O2/c1-15(19-11-17-4-3-5-18(10-17)12-19)26-22(28)21-13-25-27(2)23(21)29-14-16-6-8-20(24)9-7-16/h6-9,13,15,17-19H,3-5,10-12,14H2,1-2H3,(H,26,28). The molecule has 2 aliphatic carbocycles. The zero-order chi connectivity index (χ0) is 20.4. The summed E-state index contributed by atoms with van der Waals surface area (Å²) < 4.78 is 20.5. The molecule has 6 heteroatoms. The zero-order valence-corrected chi connectivity index (χ0v) is 17.2. The van der Waals surface area contributed by atoms with Crippen LogP contribution in [0.5, 0.6) is 5.88 Å². The fourth-order valence-electron chi connectivity index (χ4n) is 5.08. The highest BCUT2D eigenvalue weighted by molar-refractivity contribution is 5.96. The third kappa shape index (κ3) is 4.62. The van der Waals surface area contributed by atoms with Gasteiger partial charge in [-0.3, -0.25) is 4.79 Å². The van der Waals surface area contributed by atoms with Gasteiger partial charge >= 0.3 is 0 Å². The van der Waals surface area contributed by atoms with E-state index in [9.17, 15) is 9.18 Å². The largest absolute Gasteiger partial charge is 0.472 e. The number of nitrogens with one attached hydrogen (secondary N) is 1. The second-order valence-corrected chi connectivity index (χ2v) is 8.79. The molecular weight excluding hydrogens is 369 g/mol. The molecule has 2 aromatic rings. The molecule has 2 aliphatic rings. The summed E-state index contributed by atoms with van der Waals surface area (Å²) in [4.78, 5) is 12.9. The highest BCUT2D eigenvalue weighted by atomic mass is 19.1. The van der Waals surface area contributed by atoms with Gasteiger partial charge in [-0.15, -0.1) is 0 Å². The van der Waals surface area contributed by atoms with Crippen LogP contribution in [0.4, 0.5) is 4.39 Å². The molecule has 1 N–H and O–H groups in total. The van der Waals surface area contributed by atoms with Gasteiger partial charge in [0.05, 0.1) is 6.20 Å². The van der Waals surface area contributed by atoms with E-state index in [1.807, 2.05) is 0 Å². The van der Waals surface area contributed by atoms with Crippen LogP contribution in [0.1, 0.15) is 61.4 Å². The summed E-state index contributed by atoms with van der Waals surface area (Å²) in [5.74, 6) is 2.22. The molecule has 2 saturated carbocycles. The average Bonchev–Trinajstić information content (AvgIpc) is 3.08.